The van der Waals surface area contributed by atoms with Crippen LogP contribution in [-0.4, -0.2) is 63.3 Å². The number of hydrogen-bond acceptors (Lipinski definition) is 6. The molecular formula is C19H27FN4O3. The number of hydrogen-bond donors (Lipinski definition) is 1. The number of rotatable bonds is 8. The number of halogens is 1. The van der Waals surface area contributed by atoms with Gasteiger partial charge < -0.3 is 24.4 Å². The van der Waals surface area contributed by atoms with Gasteiger partial charge in [-0.2, -0.15) is 0 Å². The molecule has 0 bridgehead atoms. The summed E-state index contributed by atoms with van der Waals surface area (Å²) in [7, 11) is 6.93. The largest absolute Gasteiger partial charge is 0.494 e. The Balaban J connectivity index is 2.31. The summed E-state index contributed by atoms with van der Waals surface area (Å²) < 4.78 is 24.2. The standard InChI is InChI=1S/C19H27FN4O3/c1-12(2)24(5)10-9-21-19(25)16-17(27-22-18(16)23(3)4)13-7-8-14(20)15(11-13)26-6/h7-8,11-12H,9-10H2,1-6H3,(H,21,25). The maximum absolute atomic E-state index is 13.7. The quantitative estimate of drug-likeness (QED) is 0.761. The fourth-order valence-electron chi connectivity index (χ4n) is 2.48. The number of benzene rings is 1. The minimum absolute atomic E-state index is 0.0696. The molecule has 148 valence electrons. The highest BCUT2D eigenvalue weighted by atomic mass is 19.1. The Hall–Kier alpha value is -2.61. The van der Waals surface area contributed by atoms with Crippen LogP contribution in [-0.2, 0) is 0 Å². The van der Waals surface area contributed by atoms with Crippen molar-refractivity contribution in [1.82, 2.24) is 15.4 Å². The Morgan fingerprint density at radius 2 is 2.04 bits per heavy atom. The van der Waals surface area contributed by atoms with Crippen molar-refractivity contribution in [2.45, 2.75) is 19.9 Å². The number of carbonyl (C=O) groups excluding carboxylic acids is 1. The second-order valence-corrected chi connectivity index (χ2v) is 6.78. The molecule has 1 aromatic carbocycles. The molecule has 0 saturated heterocycles. The molecule has 1 amide bonds. The van der Waals surface area contributed by atoms with Crippen LogP contribution in [0.15, 0.2) is 22.7 Å². The third-order valence-corrected chi connectivity index (χ3v) is 4.37. The van der Waals surface area contributed by atoms with Crippen LogP contribution >= 0.6 is 0 Å². The molecule has 2 aromatic rings. The number of aromatic nitrogens is 1. The first-order valence-electron chi connectivity index (χ1n) is 8.75. The number of anilines is 1. The highest BCUT2D eigenvalue weighted by molar-refractivity contribution is 6.04. The summed E-state index contributed by atoms with van der Waals surface area (Å²) in [5.41, 5.74) is 0.819. The summed E-state index contributed by atoms with van der Waals surface area (Å²) in [6, 6.07) is 4.67. The van der Waals surface area contributed by atoms with Crippen LogP contribution in [0.1, 0.15) is 24.2 Å². The van der Waals surface area contributed by atoms with E-state index in [-0.39, 0.29) is 17.4 Å². The van der Waals surface area contributed by atoms with E-state index in [9.17, 15) is 9.18 Å². The summed E-state index contributed by atoms with van der Waals surface area (Å²) in [6.45, 7) is 5.38. The first kappa shape index (κ1) is 20.7. The van der Waals surface area contributed by atoms with Gasteiger partial charge in [0, 0.05) is 38.8 Å². The second kappa shape index (κ2) is 8.85. The van der Waals surface area contributed by atoms with Crippen LogP contribution in [0.5, 0.6) is 5.75 Å². The van der Waals surface area contributed by atoms with Crippen molar-refractivity contribution in [1.29, 1.82) is 0 Å². The number of carbonyl (C=O) groups is 1. The maximum atomic E-state index is 13.7. The van der Waals surface area contributed by atoms with Gasteiger partial charge in [-0.25, -0.2) is 4.39 Å². The van der Waals surface area contributed by atoms with E-state index >= 15 is 0 Å². The van der Waals surface area contributed by atoms with Gasteiger partial charge in [0.15, 0.2) is 23.1 Å². The summed E-state index contributed by atoms with van der Waals surface area (Å²) in [5, 5.41) is 6.91. The highest BCUT2D eigenvalue weighted by Gasteiger charge is 2.26. The average Bonchev–Trinajstić information content (AvgIpc) is 3.07. The first-order chi connectivity index (χ1) is 12.8. The molecule has 1 N–H and O–H groups in total. The molecule has 0 saturated carbocycles. The van der Waals surface area contributed by atoms with Crippen LogP contribution in [0, 0.1) is 5.82 Å². The van der Waals surface area contributed by atoms with Crippen molar-refractivity contribution in [3.05, 3.63) is 29.6 Å². The van der Waals surface area contributed by atoms with Gasteiger partial charge in [0.25, 0.3) is 5.91 Å². The molecule has 1 heterocycles. The predicted molar refractivity (Wildman–Crippen MR) is 103 cm³/mol. The number of amides is 1. The van der Waals surface area contributed by atoms with E-state index in [2.05, 4.69) is 29.2 Å². The van der Waals surface area contributed by atoms with Crippen molar-refractivity contribution in [2.75, 3.05) is 46.2 Å². The first-order valence-corrected chi connectivity index (χ1v) is 8.75. The molecule has 0 fully saturated rings. The van der Waals surface area contributed by atoms with E-state index in [0.717, 1.165) is 0 Å². The molecule has 0 atom stereocenters. The number of likely N-dealkylation sites (N-methyl/N-ethyl adjacent to an activating group) is 1. The lowest BCUT2D eigenvalue weighted by Gasteiger charge is -2.21. The van der Waals surface area contributed by atoms with Crippen LogP contribution in [0.2, 0.25) is 0 Å². The molecule has 1 aromatic heterocycles. The van der Waals surface area contributed by atoms with Crippen molar-refractivity contribution < 1.29 is 18.4 Å². The maximum Gasteiger partial charge on any atom is 0.259 e. The topological polar surface area (TPSA) is 70.8 Å². The number of nitrogens with one attached hydrogen (secondary N) is 1. The van der Waals surface area contributed by atoms with Gasteiger partial charge in [-0.1, -0.05) is 5.16 Å². The molecule has 0 aliphatic heterocycles. The van der Waals surface area contributed by atoms with Gasteiger partial charge in [0.1, 0.15) is 5.56 Å². The van der Waals surface area contributed by atoms with E-state index in [1.807, 2.05) is 7.05 Å². The third kappa shape index (κ3) is 4.77. The predicted octanol–water partition coefficient (Wildman–Crippen LogP) is 2.63. The van der Waals surface area contributed by atoms with Gasteiger partial charge in [-0.3, -0.25) is 4.79 Å². The zero-order valence-corrected chi connectivity index (χ0v) is 16.7. The molecule has 8 heteroatoms. The summed E-state index contributed by atoms with van der Waals surface area (Å²) >= 11 is 0. The van der Waals surface area contributed by atoms with E-state index in [0.29, 0.717) is 36.1 Å². The summed E-state index contributed by atoms with van der Waals surface area (Å²) in [6.07, 6.45) is 0. The normalized spacial score (nSPS) is 11.1. The van der Waals surface area contributed by atoms with Gasteiger partial charge in [0.2, 0.25) is 0 Å². The van der Waals surface area contributed by atoms with Crippen LogP contribution in [0.4, 0.5) is 10.2 Å². The molecule has 7 nitrogen and oxygen atoms in total. The minimum Gasteiger partial charge on any atom is -0.494 e. The lowest BCUT2D eigenvalue weighted by atomic mass is 10.1. The highest BCUT2D eigenvalue weighted by Crippen LogP contribution is 2.33. The molecule has 27 heavy (non-hydrogen) atoms. The van der Waals surface area contributed by atoms with E-state index < -0.39 is 5.82 Å². The smallest absolute Gasteiger partial charge is 0.259 e. The Labute approximate surface area is 159 Å². The molecule has 0 aliphatic rings. The number of methoxy groups -OCH3 is 1. The van der Waals surface area contributed by atoms with Crippen LogP contribution in [0.3, 0.4) is 0 Å². The summed E-state index contributed by atoms with van der Waals surface area (Å²) in [5.74, 6) is -0.0401. The molecule has 0 radical (unpaired) electrons. The average molecular weight is 378 g/mol. The lowest BCUT2D eigenvalue weighted by Crippen LogP contribution is -2.36. The number of nitrogens with zero attached hydrogens (tertiary/aromatic N) is 3. The Morgan fingerprint density at radius 1 is 1.33 bits per heavy atom. The molecule has 0 spiro atoms. The van der Waals surface area contributed by atoms with Crippen molar-refractivity contribution >= 4 is 11.7 Å². The van der Waals surface area contributed by atoms with E-state index in [1.54, 1.807) is 19.0 Å². The molecule has 0 aliphatic carbocycles. The van der Waals surface area contributed by atoms with Gasteiger partial charge >= 0.3 is 0 Å². The molecule has 0 unspecified atom stereocenters. The Morgan fingerprint density at radius 3 is 2.63 bits per heavy atom. The van der Waals surface area contributed by atoms with Crippen molar-refractivity contribution in [3.63, 3.8) is 0 Å². The van der Waals surface area contributed by atoms with Gasteiger partial charge in [-0.15, -0.1) is 0 Å². The Kier molecular flexibility index (Phi) is 6.79. The SMILES string of the molecule is COc1cc(-c2onc(N(C)C)c2C(=O)NCCN(C)C(C)C)ccc1F. The van der Waals surface area contributed by atoms with Crippen LogP contribution in [0.25, 0.3) is 11.3 Å². The minimum atomic E-state index is -0.490. The fourth-order valence-corrected chi connectivity index (χ4v) is 2.48. The fraction of sp³-hybridized carbons (Fsp3) is 0.474. The molecular weight excluding hydrogens is 351 g/mol. The lowest BCUT2D eigenvalue weighted by molar-refractivity contribution is 0.0948. The monoisotopic (exact) mass is 378 g/mol. The zero-order valence-electron chi connectivity index (χ0n) is 16.7. The zero-order chi connectivity index (χ0) is 20.1. The van der Waals surface area contributed by atoms with Crippen LogP contribution < -0.4 is 15.0 Å². The Bertz CT molecular complexity index is 789. The van der Waals surface area contributed by atoms with Gasteiger partial charge in [0.05, 0.1) is 7.11 Å². The van der Waals surface area contributed by atoms with E-state index in [1.165, 1.54) is 25.3 Å². The number of ether oxygens (including phenoxy) is 1. The third-order valence-electron chi connectivity index (χ3n) is 4.37. The molecule has 2 rings (SSSR count). The second-order valence-electron chi connectivity index (χ2n) is 6.78. The van der Waals surface area contributed by atoms with E-state index in [4.69, 9.17) is 9.26 Å². The van der Waals surface area contributed by atoms with Crippen molar-refractivity contribution in [2.24, 2.45) is 0 Å². The van der Waals surface area contributed by atoms with Crippen molar-refractivity contribution in [3.8, 4) is 17.1 Å². The van der Waals surface area contributed by atoms with Gasteiger partial charge in [-0.05, 0) is 39.1 Å². The summed E-state index contributed by atoms with van der Waals surface area (Å²) in [4.78, 5) is 16.7.